The summed E-state index contributed by atoms with van der Waals surface area (Å²) in [6.45, 7) is 0.436. The van der Waals surface area contributed by atoms with E-state index in [1.54, 1.807) is 21.3 Å². The Hall–Kier alpha value is -2.17. The first-order valence-corrected chi connectivity index (χ1v) is 7.40. The van der Waals surface area contributed by atoms with Gasteiger partial charge in [-0.05, 0) is 36.5 Å². The lowest BCUT2D eigenvalue weighted by Crippen LogP contribution is -2.24. The third kappa shape index (κ3) is 3.93. The van der Waals surface area contributed by atoms with Crippen LogP contribution in [0.5, 0.6) is 17.2 Å². The summed E-state index contributed by atoms with van der Waals surface area (Å²) < 4.78 is 15.9. The van der Waals surface area contributed by atoms with Crippen molar-refractivity contribution in [1.82, 2.24) is 5.32 Å². The van der Waals surface area contributed by atoms with Crippen molar-refractivity contribution >= 4 is 5.91 Å². The number of amides is 1. The lowest BCUT2D eigenvalue weighted by Gasteiger charge is -2.15. The third-order valence-corrected chi connectivity index (χ3v) is 3.77. The predicted molar refractivity (Wildman–Crippen MR) is 84.4 cm³/mol. The van der Waals surface area contributed by atoms with E-state index in [-0.39, 0.29) is 5.91 Å². The number of methoxy groups -OCH3 is 3. The Labute approximate surface area is 131 Å². The number of hydrogen-bond acceptors (Lipinski definition) is 4. The molecule has 0 bridgehead atoms. The standard InChI is InChI=1S/C17H23NO4/c1-20-14-8-13(9-15(21-2)17(14)22-3)11-18-16(19)10-12-6-4-5-7-12/h4,6,8-9,12H,5,7,10-11H2,1-3H3,(H,18,19)/t12-/m1/s1. The van der Waals surface area contributed by atoms with Crippen LogP contribution in [-0.2, 0) is 11.3 Å². The van der Waals surface area contributed by atoms with Gasteiger partial charge in [-0.15, -0.1) is 0 Å². The lowest BCUT2D eigenvalue weighted by atomic mass is 10.0. The quantitative estimate of drug-likeness (QED) is 0.787. The van der Waals surface area contributed by atoms with Crippen LogP contribution in [0.4, 0.5) is 0 Å². The molecular formula is C17H23NO4. The summed E-state index contributed by atoms with van der Waals surface area (Å²) in [5.74, 6) is 2.16. The molecular weight excluding hydrogens is 282 g/mol. The van der Waals surface area contributed by atoms with Gasteiger partial charge in [0.2, 0.25) is 11.7 Å². The third-order valence-electron chi connectivity index (χ3n) is 3.77. The van der Waals surface area contributed by atoms with Crippen LogP contribution >= 0.6 is 0 Å². The molecule has 5 heteroatoms. The number of carbonyl (C=O) groups is 1. The number of ether oxygens (including phenoxy) is 3. The van der Waals surface area contributed by atoms with E-state index in [4.69, 9.17) is 14.2 Å². The molecule has 1 aromatic rings. The van der Waals surface area contributed by atoms with Gasteiger partial charge in [0.25, 0.3) is 0 Å². The second kappa shape index (κ2) is 7.73. The van der Waals surface area contributed by atoms with Crippen molar-refractivity contribution in [2.45, 2.75) is 25.8 Å². The zero-order chi connectivity index (χ0) is 15.9. The van der Waals surface area contributed by atoms with Gasteiger partial charge in [-0.3, -0.25) is 4.79 Å². The average Bonchev–Trinajstić information content (AvgIpc) is 3.04. The second-order valence-electron chi connectivity index (χ2n) is 5.28. The van der Waals surface area contributed by atoms with E-state index >= 15 is 0 Å². The zero-order valence-electron chi connectivity index (χ0n) is 13.3. The van der Waals surface area contributed by atoms with Crippen LogP contribution in [0.2, 0.25) is 0 Å². The molecule has 1 aromatic carbocycles. The van der Waals surface area contributed by atoms with E-state index in [2.05, 4.69) is 17.5 Å². The number of benzene rings is 1. The Bertz CT molecular complexity index is 529. The second-order valence-corrected chi connectivity index (χ2v) is 5.28. The van der Waals surface area contributed by atoms with Crippen molar-refractivity contribution in [3.8, 4) is 17.2 Å². The molecule has 0 radical (unpaired) electrons. The van der Waals surface area contributed by atoms with Crippen molar-refractivity contribution in [2.24, 2.45) is 5.92 Å². The van der Waals surface area contributed by atoms with Crippen LogP contribution in [-0.4, -0.2) is 27.2 Å². The highest BCUT2D eigenvalue weighted by atomic mass is 16.5. The van der Waals surface area contributed by atoms with E-state index in [0.717, 1.165) is 18.4 Å². The van der Waals surface area contributed by atoms with Crippen LogP contribution in [0, 0.1) is 5.92 Å². The first kappa shape index (κ1) is 16.2. The fraction of sp³-hybridized carbons (Fsp3) is 0.471. The topological polar surface area (TPSA) is 56.8 Å². The molecule has 2 rings (SSSR count). The molecule has 120 valence electrons. The van der Waals surface area contributed by atoms with Crippen molar-refractivity contribution in [3.05, 3.63) is 29.8 Å². The fourth-order valence-corrected chi connectivity index (χ4v) is 2.61. The van der Waals surface area contributed by atoms with Gasteiger partial charge in [0.05, 0.1) is 21.3 Å². The summed E-state index contributed by atoms with van der Waals surface area (Å²) in [6, 6.07) is 3.69. The van der Waals surface area contributed by atoms with Crippen molar-refractivity contribution in [3.63, 3.8) is 0 Å². The molecule has 0 saturated carbocycles. The molecule has 1 amide bonds. The van der Waals surface area contributed by atoms with Gasteiger partial charge < -0.3 is 19.5 Å². The van der Waals surface area contributed by atoms with Crippen LogP contribution in [0.3, 0.4) is 0 Å². The molecule has 0 heterocycles. The maximum Gasteiger partial charge on any atom is 0.220 e. The molecule has 1 aliphatic rings. The van der Waals surface area contributed by atoms with Crippen molar-refractivity contribution in [1.29, 1.82) is 0 Å². The summed E-state index contributed by atoms with van der Waals surface area (Å²) in [6.07, 6.45) is 6.94. The Kier molecular flexibility index (Phi) is 5.69. The van der Waals surface area contributed by atoms with Crippen LogP contribution in [0.15, 0.2) is 24.3 Å². The van der Waals surface area contributed by atoms with E-state index < -0.39 is 0 Å². The highest BCUT2D eigenvalue weighted by molar-refractivity contribution is 5.76. The largest absolute Gasteiger partial charge is 0.493 e. The smallest absolute Gasteiger partial charge is 0.220 e. The molecule has 1 N–H and O–H groups in total. The number of hydrogen-bond donors (Lipinski definition) is 1. The van der Waals surface area contributed by atoms with Crippen molar-refractivity contribution in [2.75, 3.05) is 21.3 Å². The summed E-state index contributed by atoms with van der Waals surface area (Å²) in [5, 5.41) is 2.94. The highest BCUT2D eigenvalue weighted by Gasteiger charge is 2.16. The molecule has 0 aliphatic heterocycles. The molecule has 0 saturated heterocycles. The summed E-state index contributed by atoms with van der Waals surface area (Å²) in [7, 11) is 4.72. The fourth-order valence-electron chi connectivity index (χ4n) is 2.61. The van der Waals surface area contributed by atoms with Gasteiger partial charge in [0.15, 0.2) is 11.5 Å². The van der Waals surface area contributed by atoms with Gasteiger partial charge in [-0.1, -0.05) is 12.2 Å². The number of allylic oxidation sites excluding steroid dienone is 2. The summed E-state index contributed by atoms with van der Waals surface area (Å²) in [4.78, 5) is 12.0. The molecule has 0 unspecified atom stereocenters. The summed E-state index contributed by atoms with van der Waals surface area (Å²) >= 11 is 0. The van der Waals surface area contributed by atoms with Gasteiger partial charge in [0.1, 0.15) is 0 Å². The number of nitrogens with one attached hydrogen (secondary N) is 1. The molecule has 0 fully saturated rings. The van der Waals surface area contributed by atoms with Crippen LogP contribution in [0.1, 0.15) is 24.8 Å². The summed E-state index contributed by atoms with van der Waals surface area (Å²) in [5.41, 5.74) is 0.907. The zero-order valence-corrected chi connectivity index (χ0v) is 13.3. The predicted octanol–water partition coefficient (Wildman–Crippen LogP) is 2.68. The van der Waals surface area contributed by atoms with Gasteiger partial charge >= 0.3 is 0 Å². The minimum Gasteiger partial charge on any atom is -0.493 e. The maximum atomic E-state index is 12.0. The number of carbonyl (C=O) groups excluding carboxylic acids is 1. The van der Waals surface area contributed by atoms with Gasteiger partial charge in [-0.25, -0.2) is 0 Å². The van der Waals surface area contributed by atoms with E-state index in [1.165, 1.54) is 0 Å². The number of rotatable bonds is 7. The van der Waals surface area contributed by atoms with Crippen LogP contribution < -0.4 is 19.5 Å². The minimum atomic E-state index is 0.0605. The average molecular weight is 305 g/mol. The molecule has 5 nitrogen and oxygen atoms in total. The molecule has 0 aromatic heterocycles. The van der Waals surface area contributed by atoms with Crippen molar-refractivity contribution < 1.29 is 19.0 Å². The first-order valence-electron chi connectivity index (χ1n) is 7.40. The molecule has 1 atom stereocenters. The SMILES string of the molecule is COc1cc(CNC(=O)C[C@@H]2C=CCC2)cc(OC)c1OC. The molecule has 0 spiro atoms. The van der Waals surface area contributed by atoms with E-state index in [9.17, 15) is 4.79 Å². The molecule has 1 aliphatic carbocycles. The normalized spacial score (nSPS) is 16.4. The monoisotopic (exact) mass is 305 g/mol. The molecule has 22 heavy (non-hydrogen) atoms. The van der Waals surface area contributed by atoms with Crippen LogP contribution in [0.25, 0.3) is 0 Å². The van der Waals surface area contributed by atoms with Gasteiger partial charge in [0, 0.05) is 13.0 Å². The lowest BCUT2D eigenvalue weighted by molar-refractivity contribution is -0.121. The Morgan fingerprint density at radius 1 is 1.18 bits per heavy atom. The Morgan fingerprint density at radius 3 is 2.36 bits per heavy atom. The Balaban J connectivity index is 1.99. The Morgan fingerprint density at radius 2 is 1.86 bits per heavy atom. The maximum absolute atomic E-state index is 12.0. The van der Waals surface area contributed by atoms with E-state index in [0.29, 0.717) is 36.1 Å². The highest BCUT2D eigenvalue weighted by Crippen LogP contribution is 2.38. The minimum absolute atomic E-state index is 0.0605. The van der Waals surface area contributed by atoms with Gasteiger partial charge in [-0.2, -0.15) is 0 Å². The first-order chi connectivity index (χ1) is 10.7. The van der Waals surface area contributed by atoms with E-state index in [1.807, 2.05) is 12.1 Å².